The average molecular weight is 424 g/mol. The fourth-order valence-corrected chi connectivity index (χ4v) is 3.57. The number of benzene rings is 1. The highest BCUT2D eigenvalue weighted by Crippen LogP contribution is 2.39. The zero-order chi connectivity index (χ0) is 21.3. The number of hydrogen-bond acceptors (Lipinski definition) is 6. The first-order chi connectivity index (χ1) is 14.3. The second-order valence-corrected chi connectivity index (χ2v) is 7.81. The maximum absolute atomic E-state index is 14.0. The zero-order valence-corrected chi connectivity index (χ0v) is 16.6. The van der Waals surface area contributed by atoms with Gasteiger partial charge in [-0.25, -0.2) is 9.37 Å². The van der Waals surface area contributed by atoms with Crippen LogP contribution < -0.4 is 15.5 Å². The first kappa shape index (κ1) is 20.6. The number of alkyl halides is 3. The van der Waals surface area contributed by atoms with Crippen LogP contribution >= 0.6 is 0 Å². The third-order valence-electron chi connectivity index (χ3n) is 5.59. The van der Waals surface area contributed by atoms with Gasteiger partial charge in [0.15, 0.2) is 11.6 Å². The van der Waals surface area contributed by atoms with E-state index in [9.17, 15) is 17.6 Å². The minimum atomic E-state index is -4.50. The lowest BCUT2D eigenvalue weighted by Crippen LogP contribution is -2.45. The van der Waals surface area contributed by atoms with Crippen molar-refractivity contribution < 1.29 is 17.6 Å². The van der Waals surface area contributed by atoms with Crippen LogP contribution in [0, 0.1) is 5.82 Å². The third kappa shape index (κ3) is 4.58. The third-order valence-corrected chi connectivity index (χ3v) is 5.59. The standard InChI is InChI=1S/C20H24F4N6/c1-29-7-9-30(10-8-29)17-6-5-14(11-15(17)20(22,23)24)27-19-25-12-16(21)18(28-19)26-13-3-2-4-13/h5-6,11-13H,2-4,7-10H2,1H3,(H2,25,26,27,28). The number of anilines is 4. The highest BCUT2D eigenvalue weighted by Gasteiger charge is 2.35. The highest BCUT2D eigenvalue weighted by atomic mass is 19.4. The van der Waals surface area contributed by atoms with Gasteiger partial charge in [0.1, 0.15) is 0 Å². The summed E-state index contributed by atoms with van der Waals surface area (Å²) in [5.74, 6) is -0.491. The van der Waals surface area contributed by atoms with Crippen LogP contribution in [0.25, 0.3) is 0 Å². The molecule has 1 aromatic heterocycles. The molecule has 162 valence electrons. The van der Waals surface area contributed by atoms with Crippen LogP contribution in [0.15, 0.2) is 24.4 Å². The molecule has 2 fully saturated rings. The van der Waals surface area contributed by atoms with Gasteiger partial charge in [0, 0.05) is 43.6 Å². The smallest absolute Gasteiger partial charge is 0.368 e. The van der Waals surface area contributed by atoms with Crippen molar-refractivity contribution >= 4 is 23.1 Å². The summed E-state index contributed by atoms with van der Waals surface area (Å²) in [6, 6.07) is 4.25. The molecule has 1 aliphatic carbocycles. The molecule has 6 nitrogen and oxygen atoms in total. The molecule has 0 atom stereocenters. The lowest BCUT2D eigenvalue weighted by Gasteiger charge is -2.35. The number of hydrogen-bond donors (Lipinski definition) is 2. The van der Waals surface area contributed by atoms with E-state index in [2.05, 4.69) is 25.5 Å². The lowest BCUT2D eigenvalue weighted by molar-refractivity contribution is -0.137. The SMILES string of the molecule is CN1CCN(c2ccc(Nc3ncc(F)c(NC4CCC4)n3)cc2C(F)(F)F)CC1. The zero-order valence-electron chi connectivity index (χ0n) is 16.6. The van der Waals surface area contributed by atoms with Crippen molar-refractivity contribution in [2.75, 3.05) is 48.8 Å². The number of piperazine rings is 1. The first-order valence-corrected chi connectivity index (χ1v) is 10.0. The molecule has 0 bridgehead atoms. The molecule has 0 unspecified atom stereocenters. The summed E-state index contributed by atoms with van der Waals surface area (Å²) in [7, 11) is 1.95. The van der Waals surface area contributed by atoms with E-state index in [1.807, 2.05) is 7.05 Å². The van der Waals surface area contributed by atoms with Crippen molar-refractivity contribution in [2.24, 2.45) is 0 Å². The highest BCUT2D eigenvalue weighted by molar-refractivity contribution is 5.65. The molecule has 1 aromatic carbocycles. The van der Waals surface area contributed by atoms with Gasteiger partial charge >= 0.3 is 6.18 Å². The predicted octanol–water partition coefficient (Wildman–Crippen LogP) is 4.09. The molecule has 30 heavy (non-hydrogen) atoms. The molecule has 2 aromatic rings. The molecule has 0 radical (unpaired) electrons. The summed E-state index contributed by atoms with van der Waals surface area (Å²) in [4.78, 5) is 11.8. The van der Waals surface area contributed by atoms with E-state index in [0.717, 1.165) is 31.5 Å². The molecule has 1 saturated heterocycles. The van der Waals surface area contributed by atoms with Crippen LogP contribution in [0.1, 0.15) is 24.8 Å². The summed E-state index contributed by atoms with van der Waals surface area (Å²) < 4.78 is 55.2. The number of aromatic nitrogens is 2. The first-order valence-electron chi connectivity index (χ1n) is 10.0. The molecule has 1 saturated carbocycles. The average Bonchev–Trinajstić information content (AvgIpc) is 2.67. The van der Waals surface area contributed by atoms with Crippen molar-refractivity contribution in [1.29, 1.82) is 0 Å². The van der Waals surface area contributed by atoms with Crippen molar-refractivity contribution in [3.05, 3.63) is 35.8 Å². The Labute approximate surface area is 172 Å². The van der Waals surface area contributed by atoms with Gasteiger partial charge in [0.2, 0.25) is 5.95 Å². The number of rotatable bonds is 5. The maximum atomic E-state index is 14.0. The van der Waals surface area contributed by atoms with E-state index in [1.165, 1.54) is 6.07 Å². The summed E-state index contributed by atoms with van der Waals surface area (Å²) in [5.41, 5.74) is -0.359. The number of halogens is 4. The van der Waals surface area contributed by atoms with E-state index in [1.54, 1.807) is 11.0 Å². The summed E-state index contributed by atoms with van der Waals surface area (Å²) in [5, 5.41) is 5.78. The van der Waals surface area contributed by atoms with E-state index in [0.29, 0.717) is 26.2 Å². The predicted molar refractivity (Wildman–Crippen MR) is 108 cm³/mol. The van der Waals surface area contributed by atoms with Crippen molar-refractivity contribution in [3.63, 3.8) is 0 Å². The van der Waals surface area contributed by atoms with Gasteiger partial charge in [0.25, 0.3) is 0 Å². The Hall–Kier alpha value is -2.62. The molecule has 0 amide bonds. The largest absolute Gasteiger partial charge is 0.418 e. The Kier molecular flexibility index (Phi) is 5.68. The van der Waals surface area contributed by atoms with Crippen LogP contribution in [0.3, 0.4) is 0 Å². The van der Waals surface area contributed by atoms with E-state index >= 15 is 0 Å². The Morgan fingerprint density at radius 1 is 1.10 bits per heavy atom. The monoisotopic (exact) mass is 424 g/mol. The second kappa shape index (κ2) is 8.25. The Balaban J connectivity index is 1.56. The molecule has 0 spiro atoms. The van der Waals surface area contributed by atoms with Crippen LogP contribution in [-0.2, 0) is 6.18 Å². The fourth-order valence-electron chi connectivity index (χ4n) is 3.57. The minimum Gasteiger partial charge on any atom is -0.368 e. The quantitative estimate of drug-likeness (QED) is 0.705. The van der Waals surface area contributed by atoms with E-state index < -0.39 is 17.6 Å². The maximum Gasteiger partial charge on any atom is 0.418 e. The van der Waals surface area contributed by atoms with Gasteiger partial charge in [-0.1, -0.05) is 0 Å². The minimum absolute atomic E-state index is 0.0405. The second-order valence-electron chi connectivity index (χ2n) is 7.81. The van der Waals surface area contributed by atoms with Gasteiger partial charge < -0.3 is 20.4 Å². The number of likely N-dealkylation sites (N-methyl/N-ethyl adjacent to an activating group) is 1. The fraction of sp³-hybridized carbons (Fsp3) is 0.500. The van der Waals surface area contributed by atoms with Crippen LogP contribution in [-0.4, -0.2) is 54.1 Å². The molecule has 2 aliphatic rings. The summed E-state index contributed by atoms with van der Waals surface area (Å²) in [6.45, 7) is 2.47. The lowest BCUT2D eigenvalue weighted by atomic mass is 9.93. The molecular weight excluding hydrogens is 400 g/mol. The van der Waals surface area contributed by atoms with Gasteiger partial charge in [-0.2, -0.15) is 18.2 Å². The summed E-state index contributed by atoms with van der Waals surface area (Å²) >= 11 is 0. The van der Waals surface area contributed by atoms with Crippen LogP contribution in [0.5, 0.6) is 0 Å². The molecule has 2 N–H and O–H groups in total. The molecule has 10 heteroatoms. The van der Waals surface area contributed by atoms with Crippen molar-refractivity contribution in [2.45, 2.75) is 31.5 Å². The van der Waals surface area contributed by atoms with Crippen molar-refractivity contribution in [3.8, 4) is 0 Å². The molecular formula is C20H24F4N6. The molecule has 1 aliphatic heterocycles. The Bertz CT molecular complexity index is 891. The van der Waals surface area contributed by atoms with Gasteiger partial charge in [-0.3, -0.25) is 0 Å². The number of nitrogens with zero attached hydrogens (tertiary/aromatic N) is 4. The van der Waals surface area contributed by atoms with Gasteiger partial charge in [-0.05, 0) is 44.5 Å². The Morgan fingerprint density at radius 2 is 1.83 bits per heavy atom. The van der Waals surface area contributed by atoms with Gasteiger partial charge in [-0.15, -0.1) is 0 Å². The van der Waals surface area contributed by atoms with Gasteiger partial charge in [0.05, 0.1) is 11.8 Å². The molecule has 4 rings (SSSR count). The van der Waals surface area contributed by atoms with Crippen LogP contribution in [0.4, 0.5) is 40.7 Å². The van der Waals surface area contributed by atoms with Crippen molar-refractivity contribution in [1.82, 2.24) is 14.9 Å². The summed E-state index contributed by atoms with van der Waals surface area (Å²) in [6.07, 6.45) is -0.532. The van der Waals surface area contributed by atoms with E-state index in [4.69, 9.17) is 0 Å². The number of nitrogens with one attached hydrogen (secondary N) is 2. The van der Waals surface area contributed by atoms with Crippen LogP contribution in [0.2, 0.25) is 0 Å². The topological polar surface area (TPSA) is 56.3 Å². The molecule has 2 heterocycles. The van der Waals surface area contributed by atoms with E-state index in [-0.39, 0.29) is 29.2 Å². The Morgan fingerprint density at radius 3 is 2.47 bits per heavy atom. The normalized spacial score (nSPS) is 18.2.